The molecule has 1 heterocycles. The van der Waals surface area contributed by atoms with Gasteiger partial charge in [0.05, 0.1) is 19.3 Å². The van der Waals surface area contributed by atoms with E-state index in [0.717, 1.165) is 31.4 Å². The van der Waals surface area contributed by atoms with Gasteiger partial charge in [-0.1, -0.05) is 38.8 Å². The minimum Gasteiger partial charge on any atom is -0.490 e. The van der Waals surface area contributed by atoms with E-state index in [-0.39, 0.29) is 24.0 Å². The lowest BCUT2D eigenvalue weighted by molar-refractivity contribution is -0.0194. The minimum atomic E-state index is -0.960. The smallest absolute Gasteiger partial charge is 0.201 e. The average Bonchev–Trinajstić information content (AvgIpc) is 2.77. The lowest BCUT2D eigenvalue weighted by Gasteiger charge is -2.29. The molecule has 1 fully saturated rings. The van der Waals surface area contributed by atoms with Crippen LogP contribution in [0.15, 0.2) is 36.4 Å². The molecular weight excluding hydrogens is 386 g/mol. The standard InChI is InChI=1S/C25H32F2O3/c1-3-5-15-28-23-14-10-20(24(26)25(23)27)17-29-21-11-8-19(9-12-21)22-13-7-18(6-4-2)16-30-22/h8-12,14,18,22H,3-7,13,15-17H2,1-2H3. The molecule has 0 saturated carbocycles. The molecule has 2 atom stereocenters. The fraction of sp³-hybridized carbons (Fsp3) is 0.520. The number of hydrogen-bond donors (Lipinski definition) is 0. The summed E-state index contributed by atoms with van der Waals surface area (Å²) in [5.74, 6) is -0.645. The molecule has 2 aromatic carbocycles. The van der Waals surface area contributed by atoms with E-state index >= 15 is 0 Å². The lowest BCUT2D eigenvalue weighted by Crippen LogP contribution is -2.20. The Hall–Kier alpha value is -2.14. The number of rotatable bonds is 10. The summed E-state index contributed by atoms with van der Waals surface area (Å²) < 4.78 is 45.5. The van der Waals surface area contributed by atoms with Gasteiger partial charge in [-0.05, 0) is 61.4 Å². The van der Waals surface area contributed by atoms with Crippen LogP contribution in [0.3, 0.4) is 0 Å². The highest BCUT2D eigenvalue weighted by Gasteiger charge is 2.22. The van der Waals surface area contributed by atoms with Gasteiger partial charge in [-0.25, -0.2) is 4.39 Å². The van der Waals surface area contributed by atoms with Crippen molar-refractivity contribution >= 4 is 0 Å². The van der Waals surface area contributed by atoms with Gasteiger partial charge >= 0.3 is 0 Å². The third-order valence-electron chi connectivity index (χ3n) is 5.60. The zero-order valence-corrected chi connectivity index (χ0v) is 18.0. The number of hydrogen-bond acceptors (Lipinski definition) is 3. The summed E-state index contributed by atoms with van der Waals surface area (Å²) in [4.78, 5) is 0. The van der Waals surface area contributed by atoms with Crippen molar-refractivity contribution in [3.8, 4) is 11.5 Å². The normalized spacial score (nSPS) is 18.9. The van der Waals surface area contributed by atoms with Crippen LogP contribution in [-0.2, 0) is 11.3 Å². The molecule has 164 valence electrons. The molecule has 0 bridgehead atoms. The van der Waals surface area contributed by atoms with E-state index in [4.69, 9.17) is 14.2 Å². The summed E-state index contributed by atoms with van der Waals surface area (Å²) in [7, 11) is 0. The summed E-state index contributed by atoms with van der Waals surface area (Å²) in [6.07, 6.45) is 6.50. The van der Waals surface area contributed by atoms with Gasteiger partial charge in [0.2, 0.25) is 5.82 Å². The van der Waals surface area contributed by atoms with E-state index in [9.17, 15) is 8.78 Å². The number of ether oxygens (including phenoxy) is 3. The third kappa shape index (κ3) is 5.94. The van der Waals surface area contributed by atoms with Crippen LogP contribution in [0.4, 0.5) is 8.78 Å². The quantitative estimate of drug-likeness (QED) is 0.389. The Morgan fingerprint density at radius 2 is 1.73 bits per heavy atom. The van der Waals surface area contributed by atoms with Crippen LogP contribution in [0.25, 0.3) is 0 Å². The zero-order chi connectivity index (χ0) is 21.3. The molecule has 3 nitrogen and oxygen atoms in total. The summed E-state index contributed by atoms with van der Waals surface area (Å²) in [6, 6.07) is 10.7. The first-order valence-corrected chi connectivity index (χ1v) is 11.1. The Kier molecular flexibility index (Phi) is 8.50. The van der Waals surface area contributed by atoms with Crippen LogP contribution >= 0.6 is 0 Å². The van der Waals surface area contributed by atoms with Gasteiger partial charge in [-0.15, -0.1) is 0 Å². The lowest BCUT2D eigenvalue weighted by atomic mass is 9.92. The molecule has 0 spiro atoms. The maximum absolute atomic E-state index is 14.3. The predicted molar refractivity (Wildman–Crippen MR) is 114 cm³/mol. The maximum atomic E-state index is 14.3. The molecule has 2 aromatic rings. The van der Waals surface area contributed by atoms with Crippen LogP contribution in [0, 0.1) is 17.6 Å². The second-order valence-corrected chi connectivity index (χ2v) is 7.96. The molecule has 30 heavy (non-hydrogen) atoms. The number of benzene rings is 2. The van der Waals surface area contributed by atoms with Crippen molar-refractivity contribution in [1.82, 2.24) is 0 Å². The molecule has 0 amide bonds. The summed E-state index contributed by atoms with van der Waals surface area (Å²) in [5.41, 5.74) is 1.29. The Labute approximate surface area is 178 Å². The maximum Gasteiger partial charge on any atom is 0.201 e. The highest BCUT2D eigenvalue weighted by atomic mass is 19.2. The van der Waals surface area contributed by atoms with Crippen molar-refractivity contribution in [2.45, 2.75) is 65.1 Å². The minimum absolute atomic E-state index is 0.0457. The first-order valence-electron chi connectivity index (χ1n) is 11.1. The van der Waals surface area contributed by atoms with Gasteiger partial charge < -0.3 is 14.2 Å². The fourth-order valence-corrected chi connectivity index (χ4v) is 3.77. The molecule has 5 heteroatoms. The highest BCUT2D eigenvalue weighted by molar-refractivity contribution is 5.32. The van der Waals surface area contributed by atoms with Crippen LogP contribution in [0.1, 0.15) is 69.6 Å². The van der Waals surface area contributed by atoms with Gasteiger partial charge in [0.1, 0.15) is 12.4 Å². The SMILES string of the molecule is CCCCOc1ccc(COc2ccc(C3CCC(CCC)CO3)cc2)c(F)c1F. The molecule has 2 unspecified atom stereocenters. The van der Waals surface area contributed by atoms with Crippen molar-refractivity contribution in [1.29, 1.82) is 0 Å². The highest BCUT2D eigenvalue weighted by Crippen LogP contribution is 2.33. The first-order chi connectivity index (χ1) is 14.6. The van der Waals surface area contributed by atoms with Gasteiger partial charge in [0.15, 0.2) is 11.6 Å². The zero-order valence-electron chi connectivity index (χ0n) is 18.0. The second-order valence-electron chi connectivity index (χ2n) is 7.96. The van der Waals surface area contributed by atoms with E-state index in [1.165, 1.54) is 31.4 Å². The summed E-state index contributed by atoms with van der Waals surface area (Å²) >= 11 is 0. The van der Waals surface area contributed by atoms with Crippen LogP contribution in [0.5, 0.6) is 11.5 Å². The monoisotopic (exact) mass is 418 g/mol. The van der Waals surface area contributed by atoms with Gasteiger partial charge in [-0.2, -0.15) is 4.39 Å². The first kappa shape index (κ1) is 22.5. The van der Waals surface area contributed by atoms with Crippen molar-refractivity contribution in [3.05, 3.63) is 59.2 Å². The Morgan fingerprint density at radius 1 is 0.933 bits per heavy atom. The second kappa shape index (κ2) is 11.3. The van der Waals surface area contributed by atoms with Crippen molar-refractivity contribution in [2.75, 3.05) is 13.2 Å². The Balaban J connectivity index is 1.53. The topological polar surface area (TPSA) is 27.7 Å². The molecule has 1 saturated heterocycles. The third-order valence-corrected chi connectivity index (χ3v) is 5.60. The fourth-order valence-electron chi connectivity index (χ4n) is 3.77. The molecule has 0 aromatic heterocycles. The molecule has 0 radical (unpaired) electrons. The molecular formula is C25H32F2O3. The van der Waals surface area contributed by atoms with E-state index in [1.54, 1.807) is 0 Å². The molecule has 1 aliphatic rings. The van der Waals surface area contributed by atoms with E-state index in [1.807, 2.05) is 31.2 Å². The predicted octanol–water partition coefficient (Wildman–Crippen LogP) is 6.99. The van der Waals surface area contributed by atoms with Crippen LogP contribution < -0.4 is 9.47 Å². The van der Waals surface area contributed by atoms with Gasteiger partial charge in [0, 0.05) is 5.56 Å². The van der Waals surface area contributed by atoms with E-state index < -0.39 is 11.6 Å². The van der Waals surface area contributed by atoms with E-state index in [2.05, 4.69) is 6.92 Å². The number of unbranched alkanes of at least 4 members (excludes halogenated alkanes) is 1. The van der Waals surface area contributed by atoms with Crippen LogP contribution in [-0.4, -0.2) is 13.2 Å². The molecule has 0 N–H and O–H groups in total. The largest absolute Gasteiger partial charge is 0.490 e. The Bertz CT molecular complexity index is 784. The van der Waals surface area contributed by atoms with Crippen molar-refractivity contribution in [2.24, 2.45) is 5.92 Å². The molecule has 1 aliphatic heterocycles. The van der Waals surface area contributed by atoms with Gasteiger partial charge in [0.25, 0.3) is 0 Å². The van der Waals surface area contributed by atoms with Crippen molar-refractivity contribution in [3.63, 3.8) is 0 Å². The van der Waals surface area contributed by atoms with E-state index in [0.29, 0.717) is 18.3 Å². The summed E-state index contributed by atoms with van der Waals surface area (Å²) in [6.45, 7) is 5.37. The average molecular weight is 419 g/mol. The summed E-state index contributed by atoms with van der Waals surface area (Å²) in [5, 5.41) is 0. The van der Waals surface area contributed by atoms with Crippen molar-refractivity contribution < 1.29 is 23.0 Å². The number of halogens is 2. The molecule has 0 aliphatic carbocycles. The molecule has 3 rings (SSSR count). The van der Waals surface area contributed by atoms with Crippen LogP contribution in [0.2, 0.25) is 0 Å². The Morgan fingerprint density at radius 3 is 2.40 bits per heavy atom. The van der Waals surface area contributed by atoms with Gasteiger partial charge in [-0.3, -0.25) is 0 Å².